The molecule has 0 fully saturated rings. The summed E-state index contributed by atoms with van der Waals surface area (Å²) in [6.07, 6.45) is 0.725. The third-order valence-corrected chi connectivity index (χ3v) is 9.12. The Balaban J connectivity index is 1.48. The number of nitrogens with one attached hydrogen (secondary N) is 2. The first kappa shape index (κ1) is 33.7. The summed E-state index contributed by atoms with van der Waals surface area (Å²) in [6, 6.07) is 30.9. The lowest BCUT2D eigenvalue weighted by Crippen LogP contribution is -2.54. The summed E-state index contributed by atoms with van der Waals surface area (Å²) in [6.45, 7) is 3.50. The van der Waals surface area contributed by atoms with Crippen molar-refractivity contribution in [1.82, 2.24) is 10.9 Å². The minimum atomic E-state index is -1.37. The van der Waals surface area contributed by atoms with E-state index in [1.807, 2.05) is 104 Å². The molecule has 0 saturated carbocycles. The van der Waals surface area contributed by atoms with Crippen molar-refractivity contribution in [2.45, 2.75) is 37.8 Å². The number of amides is 1. The van der Waals surface area contributed by atoms with Gasteiger partial charge in [-0.05, 0) is 66.9 Å². The minimum absolute atomic E-state index is 0.0657. The standard InChI is InChI=1S/C36H37Br2N3O5/c1-2-44-32-15-8-4-10-25(32)20-21-39-41-35(43)36(24-27-11-3-6-13-30(27)37)33(29-12-5-7-14-31(29)38)46-34(40-36)26-16-18-28(19-17-26)45-23-9-22-42/h3-8,10-19,33,39,42H,2,9,20-24H2,1H3,(H,41,43)/t33-,36-/m0/s1. The maximum atomic E-state index is 14.5. The van der Waals surface area contributed by atoms with Crippen LogP contribution in [0.15, 0.2) is 111 Å². The van der Waals surface area contributed by atoms with Crippen molar-refractivity contribution in [2.75, 3.05) is 26.4 Å². The normalized spacial score (nSPS) is 17.2. The number of hydrazine groups is 1. The molecule has 5 rings (SSSR count). The number of benzene rings is 4. The number of halogens is 2. The number of carbonyl (C=O) groups excluding carboxylic acids is 1. The number of para-hydroxylation sites is 1. The van der Waals surface area contributed by atoms with E-state index >= 15 is 0 Å². The Labute approximate surface area is 286 Å². The van der Waals surface area contributed by atoms with Gasteiger partial charge in [0.15, 0.2) is 11.6 Å². The van der Waals surface area contributed by atoms with Gasteiger partial charge in [-0.15, -0.1) is 0 Å². The van der Waals surface area contributed by atoms with Gasteiger partial charge >= 0.3 is 0 Å². The summed E-state index contributed by atoms with van der Waals surface area (Å²) in [5.74, 6) is 1.54. The molecule has 8 nitrogen and oxygen atoms in total. The van der Waals surface area contributed by atoms with E-state index in [0.29, 0.717) is 49.8 Å². The number of aliphatic hydroxyl groups excluding tert-OH is 1. The summed E-state index contributed by atoms with van der Waals surface area (Å²) in [5, 5.41) is 9.08. The molecule has 0 spiro atoms. The molecule has 0 aromatic heterocycles. The summed E-state index contributed by atoms with van der Waals surface area (Å²) >= 11 is 7.38. The fourth-order valence-electron chi connectivity index (χ4n) is 5.33. The van der Waals surface area contributed by atoms with Crippen molar-refractivity contribution in [1.29, 1.82) is 0 Å². The van der Waals surface area contributed by atoms with E-state index in [2.05, 4.69) is 42.7 Å². The van der Waals surface area contributed by atoms with Crippen molar-refractivity contribution in [3.63, 3.8) is 0 Å². The maximum Gasteiger partial charge on any atom is 0.266 e. The highest BCUT2D eigenvalue weighted by Gasteiger charge is 2.54. The predicted octanol–water partition coefficient (Wildman–Crippen LogP) is 6.73. The molecular formula is C36H37Br2N3O5. The monoisotopic (exact) mass is 749 g/mol. The highest BCUT2D eigenvalue weighted by atomic mass is 79.9. The summed E-state index contributed by atoms with van der Waals surface area (Å²) in [7, 11) is 0. The average molecular weight is 752 g/mol. The Kier molecular flexibility index (Phi) is 11.9. The highest BCUT2D eigenvalue weighted by Crippen LogP contribution is 2.45. The number of aliphatic imine (C=N–C) groups is 1. The van der Waals surface area contributed by atoms with Crippen LogP contribution in [0.4, 0.5) is 0 Å². The number of rotatable bonds is 15. The molecule has 0 saturated heterocycles. The predicted molar refractivity (Wildman–Crippen MR) is 186 cm³/mol. The second-order valence-electron chi connectivity index (χ2n) is 10.8. The van der Waals surface area contributed by atoms with Gasteiger partial charge < -0.3 is 19.3 Å². The van der Waals surface area contributed by atoms with Crippen LogP contribution in [-0.4, -0.2) is 48.8 Å². The number of hydrogen-bond acceptors (Lipinski definition) is 7. The third kappa shape index (κ3) is 7.98. The molecule has 240 valence electrons. The molecule has 0 unspecified atom stereocenters. The molecule has 1 amide bonds. The lowest BCUT2D eigenvalue weighted by molar-refractivity contribution is -0.130. The molecule has 1 aliphatic rings. The Morgan fingerprint density at radius 1 is 0.913 bits per heavy atom. The van der Waals surface area contributed by atoms with Gasteiger partial charge in [-0.2, -0.15) is 0 Å². The van der Waals surface area contributed by atoms with Crippen molar-refractivity contribution in [3.8, 4) is 11.5 Å². The van der Waals surface area contributed by atoms with Gasteiger partial charge in [0.1, 0.15) is 11.5 Å². The molecule has 4 aromatic rings. The first-order valence-electron chi connectivity index (χ1n) is 15.3. The van der Waals surface area contributed by atoms with Crippen LogP contribution >= 0.6 is 31.9 Å². The Hall–Kier alpha value is -3.70. The van der Waals surface area contributed by atoms with Crippen molar-refractivity contribution < 1.29 is 24.1 Å². The second kappa shape index (κ2) is 16.2. The second-order valence-corrected chi connectivity index (χ2v) is 12.5. The van der Waals surface area contributed by atoms with E-state index in [1.165, 1.54) is 0 Å². The van der Waals surface area contributed by atoms with Crippen LogP contribution in [-0.2, 0) is 22.4 Å². The van der Waals surface area contributed by atoms with Gasteiger partial charge in [-0.1, -0.05) is 86.5 Å². The van der Waals surface area contributed by atoms with Gasteiger partial charge in [0.25, 0.3) is 5.91 Å². The average Bonchev–Trinajstić information content (AvgIpc) is 3.45. The first-order valence-corrected chi connectivity index (χ1v) is 16.9. The molecular weight excluding hydrogens is 714 g/mol. The van der Waals surface area contributed by atoms with E-state index in [4.69, 9.17) is 24.3 Å². The molecule has 1 heterocycles. The quantitative estimate of drug-likeness (QED) is 0.0921. The maximum absolute atomic E-state index is 14.5. The number of ether oxygens (including phenoxy) is 3. The number of hydrogen-bond donors (Lipinski definition) is 3. The van der Waals surface area contributed by atoms with Gasteiger partial charge in [-0.3, -0.25) is 10.2 Å². The van der Waals surface area contributed by atoms with Crippen molar-refractivity contribution in [2.24, 2.45) is 4.99 Å². The van der Waals surface area contributed by atoms with Crippen LogP contribution in [0.3, 0.4) is 0 Å². The molecule has 0 radical (unpaired) electrons. The van der Waals surface area contributed by atoms with Crippen LogP contribution in [0.2, 0.25) is 0 Å². The van der Waals surface area contributed by atoms with E-state index in [-0.39, 0.29) is 18.9 Å². The molecule has 46 heavy (non-hydrogen) atoms. The largest absolute Gasteiger partial charge is 0.494 e. The molecule has 0 bridgehead atoms. The highest BCUT2D eigenvalue weighted by molar-refractivity contribution is 9.10. The third-order valence-electron chi connectivity index (χ3n) is 7.63. The lowest BCUT2D eigenvalue weighted by Gasteiger charge is -2.31. The molecule has 0 aliphatic carbocycles. The van der Waals surface area contributed by atoms with Crippen LogP contribution in [0.1, 0.15) is 41.7 Å². The summed E-state index contributed by atoms with van der Waals surface area (Å²) in [5.41, 5.74) is 8.23. The molecule has 2 atom stereocenters. The fraction of sp³-hybridized carbons (Fsp3) is 0.278. The lowest BCUT2D eigenvalue weighted by atomic mass is 9.82. The zero-order valence-electron chi connectivity index (χ0n) is 25.5. The molecule has 4 aromatic carbocycles. The van der Waals surface area contributed by atoms with E-state index < -0.39 is 11.6 Å². The zero-order valence-corrected chi connectivity index (χ0v) is 28.7. The number of aliphatic hydroxyl groups is 1. The van der Waals surface area contributed by atoms with Gasteiger partial charge in [0.2, 0.25) is 5.90 Å². The first-order chi connectivity index (χ1) is 22.4. The van der Waals surface area contributed by atoms with Gasteiger partial charge in [-0.25, -0.2) is 10.4 Å². The molecule has 3 N–H and O–H groups in total. The van der Waals surface area contributed by atoms with Crippen LogP contribution in [0, 0.1) is 0 Å². The Bertz CT molecular complexity index is 1650. The summed E-state index contributed by atoms with van der Waals surface area (Å²) in [4.78, 5) is 19.6. The smallest absolute Gasteiger partial charge is 0.266 e. The van der Waals surface area contributed by atoms with Crippen LogP contribution in [0.5, 0.6) is 11.5 Å². The van der Waals surface area contributed by atoms with Gasteiger partial charge in [0.05, 0.1) is 13.2 Å². The van der Waals surface area contributed by atoms with Crippen LogP contribution < -0.4 is 20.3 Å². The topological polar surface area (TPSA) is 101 Å². The zero-order chi connectivity index (χ0) is 32.4. The molecule has 1 aliphatic heterocycles. The van der Waals surface area contributed by atoms with Crippen molar-refractivity contribution in [3.05, 3.63) is 128 Å². The molecule has 10 heteroatoms. The van der Waals surface area contributed by atoms with E-state index in [0.717, 1.165) is 31.4 Å². The van der Waals surface area contributed by atoms with Crippen LogP contribution in [0.25, 0.3) is 0 Å². The Morgan fingerprint density at radius 3 is 2.33 bits per heavy atom. The van der Waals surface area contributed by atoms with Crippen molar-refractivity contribution >= 4 is 43.7 Å². The minimum Gasteiger partial charge on any atom is -0.494 e. The SMILES string of the molecule is CCOc1ccccc1CCNNC(=O)[C@@]1(Cc2ccccc2Br)N=C(c2ccc(OCCCO)cc2)O[C@H]1c1ccccc1Br. The number of carbonyl (C=O) groups is 1. The Morgan fingerprint density at radius 2 is 1.61 bits per heavy atom. The summed E-state index contributed by atoms with van der Waals surface area (Å²) < 4.78 is 19.8. The van der Waals surface area contributed by atoms with E-state index in [1.54, 1.807) is 0 Å². The van der Waals surface area contributed by atoms with E-state index in [9.17, 15) is 4.79 Å². The number of nitrogens with zero attached hydrogens (tertiary/aromatic N) is 1. The fourth-order valence-corrected chi connectivity index (χ4v) is 6.25. The van der Waals surface area contributed by atoms with Gasteiger partial charge in [0, 0.05) is 46.1 Å².